The van der Waals surface area contributed by atoms with Gasteiger partial charge in [0.15, 0.2) is 0 Å². The molecule has 3 amide bonds. The number of ether oxygens (including phenoxy) is 1. The Hall–Kier alpha value is -2.97. The smallest absolute Gasteiger partial charge is 0.414 e. The number of aromatic nitrogens is 1. The summed E-state index contributed by atoms with van der Waals surface area (Å²) in [7, 11) is 0. The van der Waals surface area contributed by atoms with Crippen molar-refractivity contribution in [3.63, 3.8) is 0 Å². The van der Waals surface area contributed by atoms with E-state index in [-0.39, 0.29) is 12.2 Å². The van der Waals surface area contributed by atoms with Crippen LogP contribution in [0.25, 0.3) is 10.9 Å². The van der Waals surface area contributed by atoms with Crippen LogP contribution >= 0.6 is 22.9 Å². The van der Waals surface area contributed by atoms with Gasteiger partial charge in [-0.1, -0.05) is 17.7 Å². The van der Waals surface area contributed by atoms with E-state index in [9.17, 15) is 14.4 Å². The van der Waals surface area contributed by atoms with Crippen LogP contribution in [0.3, 0.4) is 0 Å². The Morgan fingerprint density at radius 3 is 2.74 bits per heavy atom. The Balaban J connectivity index is 1.83. The Morgan fingerprint density at radius 2 is 1.96 bits per heavy atom. The zero-order valence-electron chi connectivity index (χ0n) is 14.1. The molecule has 0 aliphatic rings. The van der Waals surface area contributed by atoms with Crippen molar-refractivity contribution in [2.75, 3.05) is 11.9 Å². The van der Waals surface area contributed by atoms with E-state index in [1.54, 1.807) is 36.6 Å². The monoisotopic (exact) mass is 403 g/mol. The van der Waals surface area contributed by atoms with Crippen LogP contribution in [0.4, 0.5) is 9.80 Å². The molecule has 2 aromatic heterocycles. The minimum atomic E-state index is -0.844. The average molecular weight is 404 g/mol. The lowest BCUT2D eigenvalue weighted by Crippen LogP contribution is -2.31. The van der Waals surface area contributed by atoms with Gasteiger partial charge in [-0.3, -0.25) is 19.9 Å². The van der Waals surface area contributed by atoms with Crippen LogP contribution in [0.2, 0.25) is 5.02 Å². The second kappa shape index (κ2) is 8.15. The minimum absolute atomic E-state index is 0.144. The fourth-order valence-corrected chi connectivity index (χ4v) is 3.35. The Kier molecular flexibility index (Phi) is 5.68. The molecule has 7 nitrogen and oxygen atoms in total. The van der Waals surface area contributed by atoms with Gasteiger partial charge < -0.3 is 10.1 Å². The number of carbonyl (C=O) groups excluding carboxylic acids is 3. The van der Waals surface area contributed by atoms with Crippen LogP contribution < -0.4 is 10.6 Å². The molecule has 0 saturated heterocycles. The zero-order valence-corrected chi connectivity index (χ0v) is 15.7. The van der Waals surface area contributed by atoms with E-state index in [0.29, 0.717) is 26.5 Å². The number of halogens is 1. The zero-order chi connectivity index (χ0) is 19.4. The van der Waals surface area contributed by atoms with E-state index in [2.05, 4.69) is 20.4 Å². The summed E-state index contributed by atoms with van der Waals surface area (Å²) in [6.45, 7) is 1.78. The minimum Gasteiger partial charge on any atom is -0.450 e. The number of carbonyl (C=O) groups is 3. The van der Waals surface area contributed by atoms with Crippen molar-refractivity contribution in [1.29, 1.82) is 0 Å². The second-order valence-electron chi connectivity index (χ2n) is 5.31. The van der Waals surface area contributed by atoms with E-state index in [0.717, 1.165) is 0 Å². The van der Waals surface area contributed by atoms with Gasteiger partial charge in [0.2, 0.25) is 0 Å². The molecule has 0 spiro atoms. The van der Waals surface area contributed by atoms with Crippen molar-refractivity contribution in [2.45, 2.75) is 6.92 Å². The number of fused-ring (bicyclic) bond motifs is 1. The summed E-state index contributed by atoms with van der Waals surface area (Å²) in [6, 6.07) is 8.14. The lowest BCUT2D eigenvalue weighted by molar-refractivity contribution is 0.0926. The first-order valence-electron chi connectivity index (χ1n) is 7.90. The van der Waals surface area contributed by atoms with Crippen LogP contribution in [0, 0.1) is 0 Å². The van der Waals surface area contributed by atoms with Gasteiger partial charge in [-0.25, -0.2) is 4.79 Å². The van der Waals surface area contributed by atoms with Crippen LogP contribution in [0.1, 0.15) is 27.6 Å². The normalized spacial score (nSPS) is 10.4. The highest BCUT2D eigenvalue weighted by molar-refractivity contribution is 7.14. The molecule has 0 unspecified atom stereocenters. The highest BCUT2D eigenvalue weighted by atomic mass is 35.5. The molecule has 3 aromatic rings. The van der Waals surface area contributed by atoms with Gasteiger partial charge in [0.25, 0.3) is 11.8 Å². The number of alkyl carbamates (subject to hydrolysis) is 1. The third-order valence-corrected chi connectivity index (χ3v) is 4.64. The van der Waals surface area contributed by atoms with Gasteiger partial charge in [0, 0.05) is 16.6 Å². The topological polar surface area (TPSA) is 97.4 Å². The van der Waals surface area contributed by atoms with Gasteiger partial charge in [-0.2, -0.15) is 0 Å². The number of rotatable bonds is 4. The number of pyridine rings is 1. The Morgan fingerprint density at radius 1 is 1.15 bits per heavy atom. The summed E-state index contributed by atoms with van der Waals surface area (Å²) in [5, 5.41) is 7.92. The van der Waals surface area contributed by atoms with Gasteiger partial charge in [0.1, 0.15) is 5.00 Å². The van der Waals surface area contributed by atoms with Crippen molar-refractivity contribution in [2.24, 2.45) is 0 Å². The highest BCUT2D eigenvalue weighted by Crippen LogP contribution is 2.26. The summed E-state index contributed by atoms with van der Waals surface area (Å²) in [5.41, 5.74) is 1.14. The number of anilines is 1. The Bertz CT molecular complexity index is 1030. The molecule has 0 saturated carbocycles. The van der Waals surface area contributed by atoms with E-state index in [4.69, 9.17) is 11.6 Å². The SMILES string of the molecule is CCOC(=O)NC(=O)c1ccsc1NC(=O)c1ccnc2cc(Cl)ccc12. The molecule has 9 heteroatoms. The highest BCUT2D eigenvalue weighted by Gasteiger charge is 2.19. The van der Waals surface area contributed by atoms with Crippen molar-refractivity contribution in [1.82, 2.24) is 10.3 Å². The fourth-order valence-electron chi connectivity index (χ4n) is 2.40. The molecule has 0 fully saturated rings. The molecule has 1 aromatic carbocycles. The average Bonchev–Trinajstić information content (AvgIpc) is 3.09. The lowest BCUT2D eigenvalue weighted by Gasteiger charge is -2.09. The van der Waals surface area contributed by atoms with Crippen molar-refractivity contribution in [3.05, 3.63) is 58.1 Å². The quantitative estimate of drug-likeness (QED) is 0.683. The predicted octanol–water partition coefficient (Wildman–Crippen LogP) is 4.09. The number of imide groups is 1. The largest absolute Gasteiger partial charge is 0.450 e. The van der Waals surface area contributed by atoms with Gasteiger partial charge in [0.05, 0.1) is 23.3 Å². The molecule has 0 bridgehead atoms. The third-order valence-electron chi connectivity index (χ3n) is 3.58. The lowest BCUT2D eigenvalue weighted by atomic mass is 10.1. The first-order chi connectivity index (χ1) is 13.0. The van der Waals surface area contributed by atoms with E-state index in [1.807, 2.05) is 0 Å². The second-order valence-corrected chi connectivity index (χ2v) is 6.66. The van der Waals surface area contributed by atoms with Crippen molar-refractivity contribution in [3.8, 4) is 0 Å². The third kappa shape index (κ3) is 4.24. The number of nitrogens with one attached hydrogen (secondary N) is 2. The van der Waals surface area contributed by atoms with Crippen LogP contribution in [0.5, 0.6) is 0 Å². The van der Waals surface area contributed by atoms with Gasteiger partial charge >= 0.3 is 6.09 Å². The predicted molar refractivity (Wildman–Crippen MR) is 104 cm³/mol. The number of hydrogen-bond donors (Lipinski definition) is 2. The van der Waals surface area contributed by atoms with Crippen molar-refractivity contribution < 1.29 is 19.1 Å². The molecule has 2 N–H and O–H groups in total. The maximum atomic E-state index is 12.7. The summed E-state index contributed by atoms with van der Waals surface area (Å²) in [6.07, 6.45) is 0.666. The van der Waals surface area contributed by atoms with E-state index < -0.39 is 17.9 Å². The van der Waals surface area contributed by atoms with Gasteiger partial charge in [-0.15, -0.1) is 11.3 Å². The molecular weight excluding hydrogens is 390 g/mol. The molecule has 27 heavy (non-hydrogen) atoms. The summed E-state index contributed by atoms with van der Waals surface area (Å²) < 4.78 is 4.69. The standard InChI is InChI=1S/C18H14ClN3O4S/c1-2-26-18(25)22-16(24)13-6-8-27-17(13)21-15(23)12-5-7-20-14-9-10(19)3-4-11(12)14/h3-9H,2H2,1H3,(H,21,23)(H,22,24,25). The van der Waals surface area contributed by atoms with E-state index in [1.165, 1.54) is 23.6 Å². The van der Waals surface area contributed by atoms with Crippen LogP contribution in [0.15, 0.2) is 41.9 Å². The number of hydrogen-bond acceptors (Lipinski definition) is 6. The number of amides is 3. The number of nitrogens with zero attached hydrogens (tertiary/aromatic N) is 1. The first kappa shape index (κ1) is 18.8. The Labute approximate surface area is 163 Å². The molecule has 3 rings (SSSR count). The summed E-state index contributed by atoms with van der Waals surface area (Å²) in [4.78, 5) is 40.5. The van der Waals surface area contributed by atoms with Crippen molar-refractivity contribution >= 4 is 56.7 Å². The molecular formula is C18H14ClN3O4S. The molecule has 0 radical (unpaired) electrons. The van der Waals surface area contributed by atoms with Crippen LogP contribution in [-0.2, 0) is 4.74 Å². The summed E-state index contributed by atoms with van der Waals surface area (Å²) >= 11 is 7.13. The molecule has 2 heterocycles. The molecule has 0 atom stereocenters. The summed E-state index contributed by atoms with van der Waals surface area (Å²) in [5.74, 6) is -1.06. The van der Waals surface area contributed by atoms with E-state index >= 15 is 0 Å². The molecule has 138 valence electrons. The maximum Gasteiger partial charge on any atom is 0.414 e. The maximum absolute atomic E-state index is 12.7. The fraction of sp³-hybridized carbons (Fsp3) is 0.111. The van der Waals surface area contributed by atoms with Gasteiger partial charge in [-0.05, 0) is 36.6 Å². The first-order valence-corrected chi connectivity index (χ1v) is 9.16. The number of thiophene rings is 1. The number of benzene rings is 1. The van der Waals surface area contributed by atoms with Crippen LogP contribution in [-0.4, -0.2) is 29.5 Å². The molecule has 0 aliphatic heterocycles. The molecule has 0 aliphatic carbocycles.